The van der Waals surface area contributed by atoms with Crippen LogP contribution >= 0.6 is 0 Å². The Kier molecular flexibility index (Phi) is 27.1. The van der Waals surface area contributed by atoms with Crippen molar-refractivity contribution in [2.75, 3.05) is 39.8 Å². The number of ketones is 1. The number of benzene rings is 2. The van der Waals surface area contributed by atoms with Crippen LogP contribution in [0, 0.1) is 12.3 Å². The SMILES string of the molecule is C#CC.C=CCNCCCCC(NC(=O)C(Cc1ccccc1)NC(=O)C(Cc1cn(C(=O)OC(C)(C)C)c2ccccc12)NC(=O)CNC)C(C)=O.CC(C)(C)OC(=O)NCC(=O)NCC=O. The second-order valence-electron chi connectivity index (χ2n) is 17.4. The number of nitrogens with zero attached hydrogens (tertiary/aromatic N) is 1. The molecule has 3 aromatic rings. The Morgan fingerprint density at radius 3 is 1.93 bits per heavy atom. The molecule has 0 aliphatic rings. The van der Waals surface area contributed by atoms with Crippen molar-refractivity contribution in [3.05, 3.63) is 84.6 Å². The summed E-state index contributed by atoms with van der Waals surface area (Å²) in [6.07, 6.45) is 9.46. The smallest absolute Gasteiger partial charge is 0.419 e. The van der Waals surface area contributed by atoms with Gasteiger partial charge in [0.25, 0.3) is 0 Å². The van der Waals surface area contributed by atoms with E-state index in [-0.39, 0.29) is 38.3 Å². The van der Waals surface area contributed by atoms with Crippen LogP contribution in [-0.4, -0.2) is 122 Å². The van der Waals surface area contributed by atoms with E-state index in [1.54, 1.807) is 79.9 Å². The number of carbonyl (C=O) groups is 8. The molecule has 18 heteroatoms. The van der Waals surface area contributed by atoms with Gasteiger partial charge in [0.1, 0.15) is 36.1 Å². The minimum absolute atomic E-state index is 0.0211. The summed E-state index contributed by atoms with van der Waals surface area (Å²) in [6.45, 7) is 18.4. The number of rotatable bonds is 23. The van der Waals surface area contributed by atoms with E-state index >= 15 is 0 Å². The maximum atomic E-state index is 14.1. The molecule has 1 aromatic heterocycles. The van der Waals surface area contributed by atoms with E-state index in [9.17, 15) is 38.4 Å². The summed E-state index contributed by atoms with van der Waals surface area (Å²) in [5, 5.41) is 19.8. The number of ether oxygens (including phenoxy) is 2. The summed E-state index contributed by atoms with van der Waals surface area (Å²) in [6, 6.07) is 13.6. The van der Waals surface area contributed by atoms with Crippen LogP contribution in [0.4, 0.5) is 9.59 Å². The first kappa shape index (κ1) is 59.2. The number of aromatic nitrogens is 1. The molecule has 5 amide bonds. The number of likely N-dealkylation sites (N-methyl/N-ethyl adjacent to an activating group) is 1. The van der Waals surface area contributed by atoms with Gasteiger partial charge in [0.05, 0.1) is 24.6 Å². The Hall–Kier alpha value is -6.84. The molecule has 372 valence electrons. The molecule has 2 aromatic carbocycles. The van der Waals surface area contributed by atoms with Gasteiger partial charge in [-0.2, -0.15) is 0 Å². The molecule has 0 fully saturated rings. The summed E-state index contributed by atoms with van der Waals surface area (Å²) in [5.41, 5.74) is 0.690. The van der Waals surface area contributed by atoms with Gasteiger partial charge in [-0.3, -0.25) is 28.5 Å². The normalized spacial score (nSPS) is 12.1. The summed E-state index contributed by atoms with van der Waals surface area (Å²) in [4.78, 5) is 98.3. The van der Waals surface area contributed by atoms with Crippen molar-refractivity contribution in [3.8, 4) is 12.3 Å². The lowest BCUT2D eigenvalue weighted by Gasteiger charge is -2.25. The highest BCUT2D eigenvalue weighted by Gasteiger charge is 2.31. The summed E-state index contributed by atoms with van der Waals surface area (Å²) >= 11 is 0. The first-order valence-electron chi connectivity index (χ1n) is 22.4. The number of aldehydes is 1. The molecule has 0 aliphatic heterocycles. The van der Waals surface area contributed by atoms with Crippen molar-refractivity contribution in [2.24, 2.45) is 0 Å². The zero-order valence-electron chi connectivity index (χ0n) is 41.0. The molecule has 3 rings (SSSR count). The molecule has 68 heavy (non-hydrogen) atoms. The predicted octanol–water partition coefficient (Wildman–Crippen LogP) is 3.88. The minimum Gasteiger partial charge on any atom is -0.444 e. The third kappa shape index (κ3) is 24.6. The summed E-state index contributed by atoms with van der Waals surface area (Å²) < 4.78 is 11.9. The second-order valence-corrected chi connectivity index (χ2v) is 17.4. The standard InChI is InChI=1S/C38H52N6O6.C9H16N2O4.C3H4/c1-7-20-40-21-14-13-18-30(26(2)45)42-35(47)31(22-27-15-9-8-10-16-27)43-36(48)32(41-34(46)24-39-6)23-28-25-44(37(49)50-38(3,4)5)33-19-12-11-17-29(28)33;1-9(2,3)15-8(14)11-6-7(13)10-4-5-12;1-3-2/h7-12,15-17,19,25,30-32,39-40H,1,13-14,18,20-24H2,2-6H3,(H,41,46)(H,42,47)(H,43,48);5H,4,6H2,1-3H3,(H,10,13)(H,11,14);1H,2H3. The average molecular weight is 945 g/mol. The Bertz CT molecular complexity index is 2150. The Labute approximate surface area is 400 Å². The van der Waals surface area contributed by atoms with Crippen molar-refractivity contribution in [2.45, 2.75) is 117 Å². The maximum absolute atomic E-state index is 14.1. The minimum atomic E-state index is -1.11. The molecule has 3 atom stereocenters. The van der Waals surface area contributed by atoms with Crippen molar-refractivity contribution in [3.63, 3.8) is 0 Å². The van der Waals surface area contributed by atoms with Crippen LogP contribution in [0.3, 0.4) is 0 Å². The van der Waals surface area contributed by atoms with Gasteiger partial charge < -0.3 is 51.5 Å². The lowest BCUT2D eigenvalue weighted by atomic mass is 10.0. The zero-order chi connectivity index (χ0) is 51.3. The van der Waals surface area contributed by atoms with Crippen LogP contribution in [-0.2, 0) is 51.1 Å². The maximum Gasteiger partial charge on any atom is 0.419 e. The average Bonchev–Trinajstić information content (AvgIpc) is 3.63. The highest BCUT2D eigenvalue weighted by atomic mass is 16.6. The number of terminal acetylenes is 1. The van der Waals surface area contributed by atoms with Crippen molar-refractivity contribution >= 4 is 58.8 Å². The molecule has 0 saturated carbocycles. The fraction of sp³-hybridized carbons (Fsp3) is 0.480. The zero-order valence-corrected chi connectivity index (χ0v) is 41.0. The number of hydrogen-bond acceptors (Lipinski definition) is 12. The summed E-state index contributed by atoms with van der Waals surface area (Å²) in [7, 11) is 1.62. The number of unbranched alkanes of at least 4 members (excludes halogenated alkanes) is 1. The lowest BCUT2D eigenvalue weighted by Crippen LogP contribution is -2.57. The molecule has 18 nitrogen and oxygen atoms in total. The highest BCUT2D eigenvalue weighted by molar-refractivity contribution is 5.96. The number of carbonyl (C=O) groups excluding carboxylic acids is 8. The number of alkyl carbamates (subject to hydrolysis) is 1. The van der Waals surface area contributed by atoms with Gasteiger partial charge in [0, 0.05) is 31.0 Å². The second kappa shape index (κ2) is 31.2. The molecule has 3 unspecified atom stereocenters. The molecular formula is C50H72N8O10. The molecular weight excluding hydrogens is 873 g/mol. The Balaban J connectivity index is 0.00000108. The fourth-order valence-corrected chi connectivity index (χ4v) is 6.18. The fourth-order valence-electron chi connectivity index (χ4n) is 6.18. The lowest BCUT2D eigenvalue weighted by molar-refractivity contribution is -0.133. The van der Waals surface area contributed by atoms with Crippen LogP contribution in [0.1, 0.15) is 85.8 Å². The third-order valence-corrected chi connectivity index (χ3v) is 9.08. The van der Waals surface area contributed by atoms with Crippen molar-refractivity contribution in [1.82, 2.24) is 41.8 Å². The van der Waals surface area contributed by atoms with Gasteiger partial charge in [-0.1, -0.05) is 54.6 Å². The topological polar surface area (TPSA) is 244 Å². The first-order valence-corrected chi connectivity index (χ1v) is 22.4. The monoisotopic (exact) mass is 945 g/mol. The quantitative estimate of drug-likeness (QED) is 0.0310. The Morgan fingerprint density at radius 1 is 0.765 bits per heavy atom. The molecule has 7 N–H and O–H groups in total. The van der Waals surface area contributed by atoms with Crippen molar-refractivity contribution in [1.29, 1.82) is 0 Å². The van der Waals surface area contributed by atoms with E-state index in [4.69, 9.17) is 9.47 Å². The largest absolute Gasteiger partial charge is 0.444 e. The molecule has 0 bridgehead atoms. The number of hydrogen-bond donors (Lipinski definition) is 7. The third-order valence-electron chi connectivity index (χ3n) is 9.08. The molecule has 1 heterocycles. The predicted molar refractivity (Wildman–Crippen MR) is 263 cm³/mol. The number of amides is 5. The summed E-state index contributed by atoms with van der Waals surface area (Å²) in [5.74, 6) is 0.113. The number of para-hydroxylation sites is 1. The number of Topliss-reactive ketones (excluding diaryl/α,β-unsaturated/α-hetero) is 1. The van der Waals surface area contributed by atoms with Crippen LogP contribution in [0.25, 0.3) is 10.9 Å². The molecule has 0 saturated heterocycles. The Morgan fingerprint density at radius 2 is 1.35 bits per heavy atom. The van der Waals surface area contributed by atoms with Gasteiger partial charge >= 0.3 is 12.2 Å². The van der Waals surface area contributed by atoms with Gasteiger partial charge in [-0.15, -0.1) is 18.9 Å². The van der Waals surface area contributed by atoms with Gasteiger partial charge in [-0.05, 0) is 105 Å². The van der Waals surface area contributed by atoms with Gasteiger partial charge in [-0.25, -0.2) is 9.59 Å². The van der Waals surface area contributed by atoms with Crippen LogP contribution in [0.15, 0.2) is 73.4 Å². The highest BCUT2D eigenvalue weighted by Crippen LogP contribution is 2.24. The van der Waals surface area contributed by atoms with E-state index in [0.717, 1.165) is 18.5 Å². The molecule has 0 spiro atoms. The van der Waals surface area contributed by atoms with E-state index in [0.29, 0.717) is 42.1 Å². The van der Waals surface area contributed by atoms with Crippen molar-refractivity contribution < 1.29 is 47.8 Å². The van der Waals surface area contributed by atoms with Gasteiger partial charge in [0.15, 0.2) is 5.78 Å². The first-order chi connectivity index (χ1) is 32.1. The number of fused-ring (bicyclic) bond motifs is 1. The van der Waals surface area contributed by atoms with E-state index < -0.39 is 65.1 Å². The van der Waals surface area contributed by atoms with Gasteiger partial charge in [0.2, 0.25) is 23.6 Å². The van der Waals surface area contributed by atoms with Crippen LogP contribution in [0.5, 0.6) is 0 Å². The van der Waals surface area contributed by atoms with Crippen LogP contribution < -0.4 is 37.2 Å². The van der Waals surface area contributed by atoms with E-state index in [1.165, 1.54) is 11.5 Å². The molecule has 0 aliphatic carbocycles. The van der Waals surface area contributed by atoms with E-state index in [1.807, 2.05) is 42.5 Å². The molecule has 0 radical (unpaired) electrons. The number of nitrogens with one attached hydrogen (secondary N) is 7. The van der Waals surface area contributed by atoms with Crippen LogP contribution in [0.2, 0.25) is 0 Å². The van der Waals surface area contributed by atoms with E-state index in [2.05, 4.69) is 56.1 Å².